The Morgan fingerprint density at radius 3 is 2.42 bits per heavy atom. The van der Waals surface area contributed by atoms with Crippen LogP contribution in [0, 0.1) is 0 Å². The van der Waals surface area contributed by atoms with Gasteiger partial charge in [-0.1, -0.05) is 47.6 Å². The highest BCUT2D eigenvalue weighted by Crippen LogP contribution is 2.37. The number of rotatable bonds is 1. The summed E-state index contributed by atoms with van der Waals surface area (Å²) >= 11 is 0. The molecule has 1 aliphatic heterocycles. The van der Waals surface area contributed by atoms with Crippen LogP contribution in [0.25, 0.3) is 0 Å². The lowest BCUT2D eigenvalue weighted by Crippen LogP contribution is -2.39. The molecule has 1 aliphatic rings. The first kappa shape index (κ1) is 11.7. The van der Waals surface area contributed by atoms with Crippen LogP contribution in [0.1, 0.15) is 17.5 Å². The van der Waals surface area contributed by atoms with Crippen LogP contribution in [0.15, 0.2) is 59.8 Å². The number of aliphatic hydroxyl groups is 1. The summed E-state index contributed by atoms with van der Waals surface area (Å²) in [4.78, 5) is 0. The standard InChI is InChI=1S/C15H13NO3/c17-15(11-6-2-1-3-7-11)10-13(16-18)12-8-4-5-9-14(12)19-15/h1-9,17-18H,10H2. The van der Waals surface area contributed by atoms with E-state index in [0.717, 1.165) is 0 Å². The highest BCUT2D eigenvalue weighted by molar-refractivity contribution is 6.03. The number of oxime groups is 1. The maximum Gasteiger partial charge on any atom is 0.240 e. The molecule has 2 N–H and O–H groups in total. The van der Waals surface area contributed by atoms with Gasteiger partial charge in [0.1, 0.15) is 5.75 Å². The zero-order chi connectivity index (χ0) is 13.3. The second kappa shape index (κ2) is 4.40. The van der Waals surface area contributed by atoms with Gasteiger partial charge in [-0.15, -0.1) is 0 Å². The fraction of sp³-hybridized carbons (Fsp3) is 0.133. The van der Waals surface area contributed by atoms with Gasteiger partial charge in [0, 0.05) is 11.1 Å². The van der Waals surface area contributed by atoms with E-state index in [1.807, 2.05) is 30.3 Å². The number of para-hydroxylation sites is 1. The fourth-order valence-corrected chi connectivity index (χ4v) is 2.28. The van der Waals surface area contributed by atoms with E-state index in [4.69, 9.17) is 9.94 Å². The van der Waals surface area contributed by atoms with E-state index in [9.17, 15) is 5.11 Å². The minimum Gasteiger partial charge on any atom is -0.457 e. The van der Waals surface area contributed by atoms with Gasteiger partial charge in [-0.2, -0.15) is 0 Å². The van der Waals surface area contributed by atoms with Crippen molar-refractivity contribution in [3.63, 3.8) is 0 Å². The Labute approximate surface area is 110 Å². The lowest BCUT2D eigenvalue weighted by molar-refractivity contribution is -0.143. The smallest absolute Gasteiger partial charge is 0.240 e. The molecule has 0 saturated carbocycles. The first-order valence-electron chi connectivity index (χ1n) is 6.00. The molecule has 0 bridgehead atoms. The second-order valence-corrected chi connectivity index (χ2v) is 4.47. The molecule has 0 amide bonds. The summed E-state index contributed by atoms with van der Waals surface area (Å²) < 4.78 is 5.70. The van der Waals surface area contributed by atoms with Crippen molar-refractivity contribution >= 4 is 5.71 Å². The quantitative estimate of drug-likeness (QED) is 0.608. The van der Waals surface area contributed by atoms with E-state index in [1.165, 1.54) is 0 Å². The summed E-state index contributed by atoms with van der Waals surface area (Å²) in [7, 11) is 0. The van der Waals surface area contributed by atoms with Crippen LogP contribution >= 0.6 is 0 Å². The van der Waals surface area contributed by atoms with Crippen LogP contribution in [-0.4, -0.2) is 16.0 Å². The predicted molar refractivity (Wildman–Crippen MR) is 70.3 cm³/mol. The molecular formula is C15H13NO3. The average molecular weight is 255 g/mol. The highest BCUT2D eigenvalue weighted by atomic mass is 16.6. The average Bonchev–Trinajstić information content (AvgIpc) is 2.47. The SMILES string of the molecule is ON=C1CC(O)(c2ccccc2)Oc2ccccc21. The molecule has 96 valence electrons. The van der Waals surface area contributed by atoms with Crippen LogP contribution in [0.4, 0.5) is 0 Å². The van der Waals surface area contributed by atoms with E-state index < -0.39 is 5.79 Å². The van der Waals surface area contributed by atoms with Gasteiger partial charge in [0.2, 0.25) is 5.79 Å². The van der Waals surface area contributed by atoms with E-state index >= 15 is 0 Å². The van der Waals surface area contributed by atoms with Gasteiger partial charge in [-0.3, -0.25) is 0 Å². The largest absolute Gasteiger partial charge is 0.457 e. The molecule has 2 aromatic carbocycles. The van der Waals surface area contributed by atoms with E-state index in [1.54, 1.807) is 24.3 Å². The van der Waals surface area contributed by atoms with E-state index in [-0.39, 0.29) is 6.42 Å². The Morgan fingerprint density at radius 2 is 1.68 bits per heavy atom. The van der Waals surface area contributed by atoms with Crippen LogP contribution in [-0.2, 0) is 5.79 Å². The molecule has 0 spiro atoms. The number of benzene rings is 2. The molecule has 1 atom stereocenters. The number of hydrogen-bond acceptors (Lipinski definition) is 4. The first-order valence-corrected chi connectivity index (χ1v) is 6.00. The van der Waals surface area contributed by atoms with Crippen LogP contribution in [0.3, 0.4) is 0 Å². The van der Waals surface area contributed by atoms with Crippen molar-refractivity contribution < 1.29 is 15.1 Å². The van der Waals surface area contributed by atoms with Gasteiger partial charge in [-0.25, -0.2) is 0 Å². The molecule has 1 heterocycles. The molecule has 1 unspecified atom stereocenters. The van der Waals surface area contributed by atoms with Crippen molar-refractivity contribution in [3.05, 3.63) is 65.7 Å². The number of ether oxygens (including phenoxy) is 1. The topological polar surface area (TPSA) is 62.1 Å². The lowest BCUT2D eigenvalue weighted by atomic mass is 9.93. The molecule has 0 aromatic heterocycles. The third-order valence-electron chi connectivity index (χ3n) is 3.23. The van der Waals surface area contributed by atoms with Crippen LogP contribution < -0.4 is 4.74 Å². The predicted octanol–water partition coefficient (Wildman–Crippen LogP) is 2.49. The van der Waals surface area contributed by atoms with Gasteiger partial charge in [0.05, 0.1) is 12.1 Å². The van der Waals surface area contributed by atoms with Gasteiger partial charge < -0.3 is 15.1 Å². The zero-order valence-corrected chi connectivity index (χ0v) is 10.2. The van der Waals surface area contributed by atoms with Gasteiger partial charge >= 0.3 is 0 Å². The van der Waals surface area contributed by atoms with Gasteiger partial charge in [-0.05, 0) is 12.1 Å². The molecule has 0 saturated heterocycles. The van der Waals surface area contributed by atoms with Crippen LogP contribution in [0.5, 0.6) is 5.75 Å². The Morgan fingerprint density at radius 1 is 1.00 bits per heavy atom. The van der Waals surface area contributed by atoms with Gasteiger partial charge in [0.15, 0.2) is 0 Å². The molecular weight excluding hydrogens is 242 g/mol. The van der Waals surface area contributed by atoms with Crippen molar-refractivity contribution in [2.45, 2.75) is 12.2 Å². The maximum absolute atomic E-state index is 10.7. The summed E-state index contributed by atoms with van der Waals surface area (Å²) in [6.45, 7) is 0. The third-order valence-corrected chi connectivity index (χ3v) is 3.23. The molecule has 0 radical (unpaired) electrons. The molecule has 3 rings (SSSR count). The molecule has 0 aliphatic carbocycles. The second-order valence-electron chi connectivity index (χ2n) is 4.47. The highest BCUT2D eigenvalue weighted by Gasteiger charge is 2.39. The summed E-state index contributed by atoms with van der Waals surface area (Å²) in [5.41, 5.74) is 1.74. The Bertz CT molecular complexity index is 624. The molecule has 2 aromatic rings. The van der Waals surface area contributed by atoms with E-state index in [2.05, 4.69) is 5.16 Å². The Hall–Kier alpha value is -2.33. The molecule has 0 fully saturated rings. The maximum atomic E-state index is 10.7. The summed E-state index contributed by atoms with van der Waals surface area (Å²) in [5.74, 6) is -0.995. The normalized spacial score (nSPS) is 23.7. The minimum absolute atomic E-state index is 0.102. The number of fused-ring (bicyclic) bond motifs is 1. The lowest BCUT2D eigenvalue weighted by Gasteiger charge is -2.34. The van der Waals surface area contributed by atoms with Crippen molar-refractivity contribution in [2.24, 2.45) is 5.16 Å². The summed E-state index contributed by atoms with van der Waals surface area (Å²) in [6, 6.07) is 16.3. The molecule has 4 heteroatoms. The van der Waals surface area contributed by atoms with E-state index in [0.29, 0.717) is 22.6 Å². The monoisotopic (exact) mass is 255 g/mol. The molecule has 19 heavy (non-hydrogen) atoms. The summed E-state index contributed by atoms with van der Waals surface area (Å²) in [5, 5.41) is 23.1. The minimum atomic E-state index is -1.50. The fourth-order valence-electron chi connectivity index (χ4n) is 2.28. The van der Waals surface area contributed by atoms with Crippen molar-refractivity contribution in [3.8, 4) is 5.75 Å². The number of hydrogen-bond donors (Lipinski definition) is 2. The van der Waals surface area contributed by atoms with Crippen molar-refractivity contribution in [2.75, 3.05) is 0 Å². The third kappa shape index (κ3) is 1.96. The summed E-state index contributed by atoms with van der Waals surface area (Å²) in [6.07, 6.45) is 0.102. The Balaban J connectivity index is 2.09. The van der Waals surface area contributed by atoms with Crippen molar-refractivity contribution in [1.29, 1.82) is 0 Å². The first-order chi connectivity index (χ1) is 9.23. The zero-order valence-electron chi connectivity index (χ0n) is 10.2. The number of nitrogens with zero attached hydrogens (tertiary/aromatic N) is 1. The van der Waals surface area contributed by atoms with Crippen LogP contribution in [0.2, 0.25) is 0 Å². The van der Waals surface area contributed by atoms with Crippen molar-refractivity contribution in [1.82, 2.24) is 0 Å². The molecule has 4 nitrogen and oxygen atoms in total. The Kier molecular flexibility index (Phi) is 2.72. The van der Waals surface area contributed by atoms with Gasteiger partial charge in [0.25, 0.3) is 0 Å².